The van der Waals surface area contributed by atoms with Gasteiger partial charge in [-0.15, -0.1) is 0 Å². The summed E-state index contributed by atoms with van der Waals surface area (Å²) in [7, 11) is 0. The van der Waals surface area contributed by atoms with Crippen molar-refractivity contribution in [1.82, 2.24) is 0 Å². The lowest BCUT2D eigenvalue weighted by Gasteiger charge is -2.23. The van der Waals surface area contributed by atoms with Gasteiger partial charge in [0.25, 0.3) is 5.70 Å². The van der Waals surface area contributed by atoms with Crippen molar-refractivity contribution in [3.63, 3.8) is 0 Å². The van der Waals surface area contributed by atoms with Crippen molar-refractivity contribution in [1.29, 1.82) is 0 Å². The van der Waals surface area contributed by atoms with E-state index in [0.717, 1.165) is 23.9 Å². The van der Waals surface area contributed by atoms with Gasteiger partial charge in [0, 0.05) is 11.0 Å². The van der Waals surface area contributed by atoms with Crippen molar-refractivity contribution in [2.75, 3.05) is 0 Å². The van der Waals surface area contributed by atoms with Gasteiger partial charge in [-0.1, -0.05) is 18.2 Å². The van der Waals surface area contributed by atoms with E-state index in [9.17, 15) is 30.6 Å². The molecule has 0 saturated carbocycles. The Bertz CT molecular complexity index is 965. The summed E-state index contributed by atoms with van der Waals surface area (Å²) >= 11 is 0.986. The van der Waals surface area contributed by atoms with Crippen LogP contribution in [0.4, 0.5) is 0 Å². The molecule has 140 valence electrons. The summed E-state index contributed by atoms with van der Waals surface area (Å²) in [6.07, 6.45) is 10.5. The number of allylic oxidation sites excluding steroid dienone is 7. The first-order valence-electron chi connectivity index (χ1n) is 7.87. The van der Waals surface area contributed by atoms with Crippen molar-refractivity contribution in [3.8, 4) is 0 Å². The molecule has 11 heteroatoms. The topological polar surface area (TPSA) is 136 Å². The second-order valence-corrected chi connectivity index (χ2v) is 7.38. The molecule has 3 aliphatic rings. The van der Waals surface area contributed by atoms with Crippen LogP contribution in [0.25, 0.3) is 0 Å². The fraction of sp³-hybridized carbons (Fsp3) is 0.250. The predicted molar refractivity (Wildman–Crippen MR) is 97.7 cm³/mol. The maximum atomic E-state index is 12.0. The van der Waals surface area contributed by atoms with E-state index < -0.39 is 36.7 Å². The minimum Gasteiger partial charge on any atom is -0.417 e. The summed E-state index contributed by atoms with van der Waals surface area (Å²) in [6.45, 7) is 3.55. The summed E-state index contributed by atoms with van der Waals surface area (Å²) in [5.74, 6) is 0. The molecule has 0 aromatic rings. The highest BCUT2D eigenvalue weighted by atomic mass is 32.2. The molecule has 0 fully saturated rings. The first-order chi connectivity index (χ1) is 12.7. The average molecular weight is 391 g/mol. The molecule has 1 spiro atoms. The Morgan fingerprint density at radius 1 is 1.11 bits per heavy atom. The van der Waals surface area contributed by atoms with E-state index in [1.807, 2.05) is 0 Å². The molecule has 10 nitrogen and oxygen atoms in total. The molecule has 27 heavy (non-hydrogen) atoms. The van der Waals surface area contributed by atoms with Gasteiger partial charge < -0.3 is 5.21 Å². The van der Waals surface area contributed by atoms with E-state index in [1.54, 1.807) is 48.8 Å². The highest BCUT2D eigenvalue weighted by Gasteiger charge is 2.70. The van der Waals surface area contributed by atoms with Crippen LogP contribution in [-0.2, 0) is 0 Å². The largest absolute Gasteiger partial charge is 0.417 e. The van der Waals surface area contributed by atoms with E-state index >= 15 is 0 Å². The van der Waals surface area contributed by atoms with Gasteiger partial charge in [0.15, 0.2) is 6.04 Å². The third-order valence-corrected chi connectivity index (χ3v) is 5.70. The molecule has 0 bridgehead atoms. The minimum atomic E-state index is -1.75. The maximum absolute atomic E-state index is 12.0. The number of thioether (sulfide) groups is 1. The molecular formula is C16H15N4O6S+. The van der Waals surface area contributed by atoms with E-state index in [0.29, 0.717) is 10.6 Å². The van der Waals surface area contributed by atoms with Gasteiger partial charge >= 0.3 is 16.3 Å². The first-order valence-corrected chi connectivity index (χ1v) is 8.68. The summed E-state index contributed by atoms with van der Waals surface area (Å²) in [5.41, 5.74) is -1.10. The van der Waals surface area contributed by atoms with Crippen LogP contribution in [0.15, 0.2) is 58.8 Å². The summed E-state index contributed by atoms with van der Waals surface area (Å²) in [6, 6.07) is -0.329. The molecule has 1 heterocycles. The van der Waals surface area contributed by atoms with Crippen molar-refractivity contribution in [3.05, 3.63) is 84.3 Å². The Morgan fingerprint density at radius 3 is 2.37 bits per heavy atom. The van der Waals surface area contributed by atoms with Crippen LogP contribution in [0.5, 0.6) is 0 Å². The highest BCUT2D eigenvalue weighted by Crippen LogP contribution is 2.50. The molecule has 0 saturated heterocycles. The van der Waals surface area contributed by atoms with Crippen LogP contribution in [0, 0.1) is 25.4 Å². The fourth-order valence-corrected chi connectivity index (χ4v) is 4.92. The van der Waals surface area contributed by atoms with Gasteiger partial charge in [-0.25, -0.2) is 0 Å². The molecule has 0 aromatic heterocycles. The van der Waals surface area contributed by atoms with Gasteiger partial charge in [0.1, 0.15) is 0 Å². The quantitative estimate of drug-likeness (QED) is 0.255. The first kappa shape index (κ1) is 18.6. The lowest BCUT2D eigenvalue weighted by molar-refractivity contribution is -0.734. The number of nitro groups is 2. The molecule has 0 aromatic carbocycles. The van der Waals surface area contributed by atoms with E-state index in [2.05, 4.69) is 0 Å². The van der Waals surface area contributed by atoms with Crippen LogP contribution in [-0.4, -0.2) is 46.9 Å². The Labute approximate surface area is 157 Å². The smallest absolute Gasteiger partial charge is 0.394 e. The zero-order chi connectivity index (χ0) is 19.9. The third kappa shape index (κ3) is 2.76. The zero-order valence-corrected chi connectivity index (χ0v) is 15.1. The highest BCUT2D eigenvalue weighted by molar-refractivity contribution is 8.06. The van der Waals surface area contributed by atoms with E-state index in [4.69, 9.17) is 0 Å². The van der Waals surface area contributed by atoms with Crippen LogP contribution in [0.3, 0.4) is 0 Å². The number of rotatable bonds is 3. The normalized spacial score (nSPS) is 25.8. The lowest BCUT2D eigenvalue weighted by atomic mass is 9.97. The molecule has 0 radical (unpaired) electrons. The maximum Gasteiger partial charge on any atom is 0.394 e. The average Bonchev–Trinajstić information content (AvgIpc) is 2.72. The Hall–Kier alpha value is -3.21. The zero-order valence-electron chi connectivity index (χ0n) is 14.3. The Morgan fingerprint density at radius 2 is 1.81 bits per heavy atom. The molecule has 3 rings (SSSR count). The lowest BCUT2D eigenvalue weighted by Crippen LogP contribution is -2.54. The van der Waals surface area contributed by atoms with Crippen LogP contribution >= 0.6 is 11.8 Å². The van der Waals surface area contributed by atoms with Crippen LogP contribution in [0.2, 0.25) is 0 Å². The van der Waals surface area contributed by atoms with Crippen LogP contribution < -0.4 is 0 Å². The second kappa shape index (κ2) is 6.50. The summed E-state index contributed by atoms with van der Waals surface area (Å²) in [4.78, 5) is 19.8. The minimum absolute atomic E-state index is 0.329. The summed E-state index contributed by atoms with van der Waals surface area (Å²) in [5, 5.41) is 44.7. The SMILES string of the molecule is CC(C)[N+]1=C2C=CC=CC=C2S[C@@]12C([N+](=O)[O-])=CC([N+](=O)[O-])=CC2=[N+]([O-])O. The molecule has 2 aliphatic carbocycles. The number of hydrogen-bond acceptors (Lipinski definition) is 7. The van der Waals surface area contributed by atoms with Crippen LogP contribution in [0.1, 0.15) is 13.8 Å². The Kier molecular flexibility index (Phi) is 4.47. The number of fused-ring (bicyclic) bond motifs is 1. The van der Waals surface area contributed by atoms with Crippen molar-refractivity contribution < 1.29 is 24.5 Å². The molecule has 0 amide bonds. The van der Waals surface area contributed by atoms with E-state index in [1.165, 1.54) is 0 Å². The number of nitrogens with zero attached hydrogens (tertiary/aromatic N) is 4. The summed E-state index contributed by atoms with van der Waals surface area (Å²) < 4.78 is 1.62. The molecule has 1 atom stereocenters. The third-order valence-electron chi connectivity index (χ3n) is 4.23. The molecule has 0 unspecified atom stereocenters. The number of hydrogen-bond donors (Lipinski definition) is 1. The molecular weight excluding hydrogens is 376 g/mol. The molecule has 1 aliphatic heterocycles. The van der Waals surface area contributed by atoms with Crippen molar-refractivity contribution >= 4 is 23.2 Å². The standard InChI is InChI=1S/C16H15N4O6S/c1-10(2)17-12-6-4-3-5-7-13(12)27-16(17)14(19(23)24)8-11(18(21)22)9-15(16)20(25)26/h3-10H,1-2H3,(H,23,24)/q+1/t16-/m0/s1. The fourth-order valence-electron chi connectivity index (χ4n) is 3.29. The van der Waals surface area contributed by atoms with Gasteiger partial charge in [0.05, 0.1) is 26.9 Å². The second-order valence-electron chi connectivity index (χ2n) is 6.14. The van der Waals surface area contributed by atoms with Crippen molar-refractivity contribution in [2.24, 2.45) is 0 Å². The van der Waals surface area contributed by atoms with Gasteiger partial charge in [0.2, 0.25) is 5.71 Å². The van der Waals surface area contributed by atoms with E-state index in [-0.39, 0.29) is 6.04 Å². The monoisotopic (exact) mass is 391 g/mol. The van der Waals surface area contributed by atoms with Gasteiger partial charge in [-0.3, -0.25) is 25.4 Å². The molecule has 1 N–H and O–H groups in total. The Balaban J connectivity index is 2.42. The van der Waals surface area contributed by atoms with Gasteiger partial charge in [-0.2, -0.15) is 4.58 Å². The predicted octanol–water partition coefficient (Wildman–Crippen LogP) is 1.98. The van der Waals surface area contributed by atoms with Gasteiger partial charge in [-0.05, 0) is 31.7 Å². The van der Waals surface area contributed by atoms with Crippen molar-refractivity contribution in [2.45, 2.75) is 24.8 Å².